The van der Waals surface area contributed by atoms with Crippen molar-refractivity contribution in [2.75, 3.05) is 57.3 Å². The fraction of sp³-hybridized carbons (Fsp3) is 0.529. The lowest BCUT2D eigenvalue weighted by atomic mass is 9.92. The molecule has 3 amide bonds. The van der Waals surface area contributed by atoms with Crippen LogP contribution in [0.25, 0.3) is 22.2 Å². The molecule has 10 rings (SSSR count). The number of unbranched alkanes of at least 4 members (excludes halogenated alkanes) is 1. The number of nitrogens with zero attached hydrogens (tertiary/aromatic N) is 10. The highest BCUT2D eigenvalue weighted by Crippen LogP contribution is 2.44. The Balaban J connectivity index is 0.738. The number of carbonyl (C=O) groups excluding carboxylic acids is 3. The highest BCUT2D eigenvalue weighted by molar-refractivity contribution is 6.00. The zero-order valence-electron chi connectivity index (χ0n) is 39.4. The Hall–Kier alpha value is -6.12. The molecule has 0 aliphatic carbocycles. The minimum atomic E-state index is -2.65. The Morgan fingerprint density at radius 2 is 1.66 bits per heavy atom. The second-order valence-electron chi connectivity index (χ2n) is 19.4. The van der Waals surface area contributed by atoms with Crippen molar-refractivity contribution in [1.82, 2.24) is 48.7 Å². The van der Waals surface area contributed by atoms with E-state index in [1.165, 1.54) is 10.3 Å². The number of piperidine rings is 3. The molecule has 2 aromatic carbocycles. The number of carbonyl (C=O) groups is 3. The lowest BCUT2D eigenvalue weighted by Gasteiger charge is -2.34. The molecule has 5 aliphatic rings. The molecule has 3 saturated heterocycles. The van der Waals surface area contributed by atoms with Crippen LogP contribution in [0.2, 0.25) is 0 Å². The maximum atomic E-state index is 14.7. The topological polar surface area (TPSA) is 139 Å². The number of amides is 3. The summed E-state index contributed by atoms with van der Waals surface area (Å²) >= 11 is 0. The molecule has 0 saturated carbocycles. The third kappa shape index (κ3) is 8.88. The zero-order valence-corrected chi connectivity index (χ0v) is 39.4. The average molecular weight is 930 g/mol. The Labute approximate surface area is 395 Å². The Morgan fingerprint density at radius 1 is 0.912 bits per heavy atom. The van der Waals surface area contributed by atoms with Gasteiger partial charge in [0.05, 0.1) is 35.4 Å². The zero-order chi connectivity index (χ0) is 47.2. The molecule has 358 valence electrons. The van der Waals surface area contributed by atoms with Crippen molar-refractivity contribution < 1.29 is 23.2 Å². The number of fused-ring (bicyclic) bond motifs is 3. The first kappa shape index (κ1) is 45.7. The van der Waals surface area contributed by atoms with Gasteiger partial charge < -0.3 is 19.6 Å². The largest absolute Gasteiger partial charge is 0.338 e. The highest BCUT2D eigenvalue weighted by Gasteiger charge is 2.36. The summed E-state index contributed by atoms with van der Waals surface area (Å²) in [5.74, 6) is 7.21. The predicted octanol–water partition coefficient (Wildman–Crippen LogP) is 6.02. The quantitative estimate of drug-likeness (QED) is 0.101. The number of aryl methyl sites for hydroxylation is 3. The van der Waals surface area contributed by atoms with Gasteiger partial charge in [0.1, 0.15) is 6.04 Å². The van der Waals surface area contributed by atoms with E-state index < -0.39 is 18.4 Å². The van der Waals surface area contributed by atoms with Gasteiger partial charge in [-0.25, -0.2) is 13.6 Å². The van der Waals surface area contributed by atoms with Gasteiger partial charge in [0.15, 0.2) is 5.82 Å². The van der Waals surface area contributed by atoms with E-state index in [0.29, 0.717) is 48.2 Å². The third-order valence-electron chi connectivity index (χ3n) is 15.1. The van der Waals surface area contributed by atoms with Gasteiger partial charge in [-0.05, 0) is 119 Å². The Bertz CT molecular complexity index is 2870. The van der Waals surface area contributed by atoms with Crippen LogP contribution in [0.4, 0.5) is 20.3 Å². The summed E-state index contributed by atoms with van der Waals surface area (Å²) in [6, 6.07) is 8.73. The van der Waals surface area contributed by atoms with Gasteiger partial charge >= 0.3 is 5.69 Å². The van der Waals surface area contributed by atoms with Crippen molar-refractivity contribution in [3.8, 4) is 23.0 Å². The SMILES string of the molecule is CC(=O)N1CCc2c(c(N3CCCc4cc(-c5cnn(C)c5)c(C(F)F)cc43)nn2C2CCN(CCCCN3CCC(C#Cc4cccc5c4n(C)c(=O)n5C4CCC(=O)NC4=O)CC3)CC2)C1. The lowest BCUT2D eigenvalue weighted by Crippen LogP contribution is -2.44. The number of imide groups is 1. The molecule has 68 heavy (non-hydrogen) atoms. The van der Waals surface area contributed by atoms with Crippen molar-refractivity contribution in [2.24, 2.45) is 20.0 Å². The van der Waals surface area contributed by atoms with Crippen molar-refractivity contribution in [2.45, 2.75) is 103 Å². The number of para-hydroxylation sites is 1. The van der Waals surface area contributed by atoms with Crippen molar-refractivity contribution in [3.63, 3.8) is 0 Å². The van der Waals surface area contributed by atoms with Crippen molar-refractivity contribution in [1.29, 1.82) is 0 Å². The minimum Gasteiger partial charge on any atom is -0.338 e. The van der Waals surface area contributed by atoms with E-state index in [4.69, 9.17) is 5.10 Å². The molecule has 5 aromatic rings. The lowest BCUT2D eigenvalue weighted by molar-refractivity contribution is -0.135. The number of likely N-dealkylation sites (tertiary alicyclic amines) is 2. The molecule has 1 unspecified atom stereocenters. The van der Waals surface area contributed by atoms with Gasteiger partial charge in [-0.3, -0.25) is 38.2 Å². The fourth-order valence-corrected chi connectivity index (χ4v) is 11.4. The van der Waals surface area contributed by atoms with E-state index in [9.17, 15) is 28.0 Å². The number of halogens is 2. The van der Waals surface area contributed by atoms with Crippen molar-refractivity contribution >= 4 is 40.3 Å². The Morgan fingerprint density at radius 3 is 2.35 bits per heavy atom. The normalized spacial score (nSPS) is 19.9. The van der Waals surface area contributed by atoms with Gasteiger partial charge in [0.25, 0.3) is 6.43 Å². The Kier molecular flexibility index (Phi) is 12.8. The summed E-state index contributed by atoms with van der Waals surface area (Å²) in [6.45, 7) is 9.50. The first-order valence-corrected chi connectivity index (χ1v) is 24.5. The summed E-state index contributed by atoms with van der Waals surface area (Å²) in [5.41, 5.74) is 7.03. The first-order valence-electron chi connectivity index (χ1n) is 24.5. The molecule has 1 atom stereocenters. The van der Waals surface area contributed by atoms with Crippen LogP contribution in [0.15, 0.2) is 47.5 Å². The first-order chi connectivity index (χ1) is 32.9. The van der Waals surface area contributed by atoms with Gasteiger partial charge in [-0.15, -0.1) is 0 Å². The minimum absolute atomic E-state index is 0.00856. The number of alkyl halides is 2. The van der Waals surface area contributed by atoms with Gasteiger partial charge in [0.2, 0.25) is 17.7 Å². The van der Waals surface area contributed by atoms with E-state index >= 15 is 0 Å². The summed E-state index contributed by atoms with van der Waals surface area (Å²) in [7, 11) is 3.50. The molecule has 1 N–H and O–H groups in total. The fourth-order valence-electron chi connectivity index (χ4n) is 11.4. The number of imidazole rings is 1. The van der Waals surface area contributed by atoms with Crippen LogP contribution in [0.1, 0.15) is 111 Å². The van der Waals surface area contributed by atoms with Gasteiger partial charge in [0, 0.05) is 100 Å². The summed E-state index contributed by atoms with van der Waals surface area (Å²) in [5, 5.41) is 12.0. The van der Waals surface area contributed by atoms with Crippen LogP contribution >= 0.6 is 0 Å². The average Bonchev–Trinajstić information content (AvgIpc) is 4.02. The molecule has 3 fully saturated rings. The molecule has 5 aliphatic heterocycles. The van der Waals surface area contributed by atoms with E-state index in [1.807, 2.05) is 29.2 Å². The smallest absolute Gasteiger partial charge is 0.329 e. The number of benzene rings is 2. The van der Waals surface area contributed by atoms with E-state index in [2.05, 4.69) is 41.6 Å². The van der Waals surface area contributed by atoms with E-state index in [1.54, 1.807) is 48.7 Å². The summed E-state index contributed by atoms with van der Waals surface area (Å²) in [6.07, 6.45) is 9.85. The number of hydrogen-bond donors (Lipinski definition) is 1. The maximum Gasteiger partial charge on any atom is 0.329 e. The number of hydrogen-bond acceptors (Lipinski definition) is 9. The monoisotopic (exact) mass is 929 g/mol. The standard InChI is InChI=1S/C51H61F2N11O4/c1-33(65)61-27-19-42-41(32-61)49(62-22-7-9-36-28-39(37-30-54-57(2)31-37)40(48(52)53)29-45(36)62)56-64(42)38-17-25-60(26-18-38)21-5-4-20-59-23-15-34(16-24-59)11-12-35-8-6-10-43-47(35)58(3)51(68)63(43)44-13-14-46(66)55-50(44)67/h6,8,10,28-31,34,38,44,48H,4-5,7,9,13-27,32H2,1-3H3,(H,55,66,67). The van der Waals surface area contributed by atoms with Crippen molar-refractivity contribution in [3.05, 3.63) is 81.2 Å². The van der Waals surface area contributed by atoms with Gasteiger partial charge in [-0.2, -0.15) is 10.2 Å². The van der Waals surface area contributed by atoms with Gasteiger partial charge in [-0.1, -0.05) is 17.9 Å². The van der Waals surface area contributed by atoms with Crippen LogP contribution < -0.4 is 15.9 Å². The maximum absolute atomic E-state index is 14.7. The molecular weight excluding hydrogens is 869 g/mol. The van der Waals surface area contributed by atoms with E-state index in [0.717, 1.165) is 125 Å². The second kappa shape index (κ2) is 19.1. The molecule has 8 heterocycles. The van der Waals surface area contributed by atoms with Crippen LogP contribution in [0, 0.1) is 17.8 Å². The molecule has 3 aromatic heterocycles. The highest BCUT2D eigenvalue weighted by atomic mass is 19.3. The number of aromatic nitrogens is 6. The third-order valence-corrected chi connectivity index (χ3v) is 15.1. The molecule has 0 spiro atoms. The number of rotatable bonds is 10. The van der Waals surface area contributed by atoms with Crippen LogP contribution in [-0.4, -0.2) is 113 Å². The molecular formula is C51H61F2N11O4. The molecule has 0 bridgehead atoms. The summed E-state index contributed by atoms with van der Waals surface area (Å²) in [4.78, 5) is 59.6. The van der Waals surface area contributed by atoms with Crippen LogP contribution in [0.5, 0.6) is 0 Å². The molecule has 17 heteroatoms. The number of nitrogens with one attached hydrogen (secondary N) is 1. The molecule has 15 nitrogen and oxygen atoms in total. The predicted molar refractivity (Wildman–Crippen MR) is 255 cm³/mol. The molecule has 0 radical (unpaired) electrons. The summed E-state index contributed by atoms with van der Waals surface area (Å²) < 4.78 is 36.4. The van der Waals surface area contributed by atoms with E-state index in [-0.39, 0.29) is 41.4 Å². The second-order valence-corrected chi connectivity index (χ2v) is 19.4. The van der Waals surface area contributed by atoms with Crippen LogP contribution in [-0.2, 0) is 47.9 Å². The number of anilines is 2. The van der Waals surface area contributed by atoms with Crippen LogP contribution in [0.3, 0.4) is 0 Å².